The number of nitrogens with zero attached hydrogens (tertiary/aromatic N) is 1. The Balaban J connectivity index is 4.82. The Bertz CT molecular complexity index is 168. The summed E-state index contributed by atoms with van der Waals surface area (Å²) < 4.78 is 67.4. The zero-order valence-electron chi connectivity index (χ0n) is 5.03. The fraction of sp³-hybridized carbons (Fsp3) is 0.667. The van der Waals surface area contributed by atoms with Crippen molar-refractivity contribution in [2.75, 3.05) is 0 Å². The number of hydrogen-bond donors (Lipinski definition) is 0. The molecule has 0 aliphatic carbocycles. The Kier molecular flexibility index (Phi) is 3.12. The van der Waals surface area contributed by atoms with Gasteiger partial charge in [0.25, 0.3) is 0 Å². The zero-order valence-corrected chi connectivity index (χ0v) is 6.66. The van der Waals surface area contributed by atoms with E-state index in [1.807, 2.05) is 0 Å². The molecule has 0 N–H and O–H groups in total. The maximum atomic E-state index is 11.5. The van der Waals surface area contributed by atoms with Gasteiger partial charge in [-0.15, -0.1) is 26.3 Å². The van der Waals surface area contributed by atoms with Crippen molar-refractivity contribution in [3.8, 4) is 0 Å². The molecular formula is C3F6NS2-. The van der Waals surface area contributed by atoms with Crippen molar-refractivity contribution in [2.45, 2.75) is 12.6 Å². The Morgan fingerprint density at radius 2 is 1.25 bits per heavy atom. The van der Waals surface area contributed by atoms with E-state index >= 15 is 0 Å². The van der Waals surface area contributed by atoms with Gasteiger partial charge in [0.1, 0.15) is 0 Å². The molecule has 12 heavy (non-hydrogen) atoms. The van der Waals surface area contributed by atoms with Gasteiger partial charge < -0.3 is 24.8 Å². The van der Waals surface area contributed by atoms with Gasteiger partial charge in [0, 0.05) is 0 Å². The fourth-order valence-electron chi connectivity index (χ4n) is 0.351. The smallest absolute Gasteiger partial charge is 0.411 e. The maximum Gasteiger partial charge on any atom is 0.490 e. The van der Waals surface area contributed by atoms with E-state index in [2.05, 4.69) is 24.8 Å². The lowest BCUT2D eigenvalue weighted by Gasteiger charge is -2.31. The molecule has 0 unspecified atom stereocenters. The molecule has 0 aliphatic heterocycles. The highest BCUT2D eigenvalue weighted by molar-refractivity contribution is 8.00. The summed E-state index contributed by atoms with van der Waals surface area (Å²) in [7, 11) is 0. The van der Waals surface area contributed by atoms with Gasteiger partial charge in [0.2, 0.25) is 0 Å². The molecule has 0 saturated carbocycles. The van der Waals surface area contributed by atoms with Gasteiger partial charge in [-0.2, -0.15) is 0 Å². The molecule has 0 bridgehead atoms. The quantitative estimate of drug-likeness (QED) is 0.271. The predicted octanol–water partition coefficient (Wildman–Crippen LogP) is 2.16. The van der Waals surface area contributed by atoms with Crippen molar-refractivity contribution < 1.29 is 26.3 Å². The Morgan fingerprint density at radius 3 is 1.25 bits per heavy atom. The topological polar surface area (TPSA) is 3.24 Å². The largest absolute Gasteiger partial charge is 0.490 e. The van der Waals surface area contributed by atoms with E-state index in [0.29, 0.717) is 0 Å². The second kappa shape index (κ2) is 3.21. The molecule has 1 nitrogen and oxygen atoms in total. The standard InChI is InChI=1S/C3HF6NS2/c4-2(5,6)10(1(11)12)3(7,8)9/h(H,11,12)/p-1. The van der Waals surface area contributed by atoms with Crippen LogP contribution in [0.4, 0.5) is 26.3 Å². The van der Waals surface area contributed by atoms with Crippen LogP contribution in [0.1, 0.15) is 0 Å². The molecule has 0 heterocycles. The first kappa shape index (κ1) is 11.7. The average molecular weight is 228 g/mol. The third-order valence-corrected chi connectivity index (χ3v) is 1.05. The van der Waals surface area contributed by atoms with Crippen LogP contribution >= 0.6 is 12.2 Å². The van der Waals surface area contributed by atoms with E-state index in [1.54, 1.807) is 0 Å². The minimum absolute atomic E-state index is 1.70. The summed E-state index contributed by atoms with van der Waals surface area (Å²) in [4.78, 5) is -1.91. The minimum Gasteiger partial charge on any atom is -0.411 e. The van der Waals surface area contributed by atoms with Crippen LogP contribution in [0.25, 0.3) is 0 Å². The lowest BCUT2D eigenvalue weighted by molar-refractivity contribution is -0.340. The maximum absolute atomic E-state index is 11.5. The van der Waals surface area contributed by atoms with Gasteiger partial charge >= 0.3 is 12.6 Å². The summed E-state index contributed by atoms with van der Waals surface area (Å²) in [6.07, 6.45) is -11.2. The van der Waals surface area contributed by atoms with Crippen molar-refractivity contribution >= 4 is 29.2 Å². The first-order valence-electron chi connectivity index (χ1n) is 2.21. The van der Waals surface area contributed by atoms with Crippen LogP contribution in [0, 0.1) is 0 Å². The summed E-state index contributed by atoms with van der Waals surface area (Å²) in [6.45, 7) is 0. The highest BCUT2D eigenvalue weighted by Gasteiger charge is 2.52. The van der Waals surface area contributed by atoms with Gasteiger partial charge in [-0.05, 0) is 4.32 Å². The van der Waals surface area contributed by atoms with Crippen molar-refractivity contribution in [1.82, 2.24) is 4.90 Å². The van der Waals surface area contributed by atoms with E-state index in [1.165, 1.54) is 0 Å². The lowest BCUT2D eigenvalue weighted by atomic mass is 10.8. The lowest BCUT2D eigenvalue weighted by Crippen LogP contribution is -2.50. The highest BCUT2D eigenvalue weighted by Crippen LogP contribution is 2.33. The summed E-state index contributed by atoms with van der Waals surface area (Å²) >= 11 is 7.23. The fourth-order valence-corrected chi connectivity index (χ4v) is 0.765. The number of halogens is 6. The molecule has 0 aromatic heterocycles. The molecule has 0 radical (unpaired) electrons. The first-order chi connectivity index (χ1) is 5.07. The number of hydrogen-bond acceptors (Lipinski definition) is 2. The molecule has 9 heteroatoms. The molecule has 0 amide bonds. The number of rotatable bonds is 0. The molecule has 0 saturated heterocycles. The molecule has 0 aromatic carbocycles. The summed E-state index contributed by atoms with van der Waals surface area (Å²) in [5, 5.41) is 0. The second-order valence-corrected chi connectivity index (χ2v) is 2.57. The van der Waals surface area contributed by atoms with Crippen molar-refractivity contribution in [2.24, 2.45) is 0 Å². The summed E-state index contributed by atoms with van der Waals surface area (Å²) in [6, 6.07) is 0. The minimum atomic E-state index is -5.61. The van der Waals surface area contributed by atoms with E-state index in [-0.39, 0.29) is 0 Å². The van der Waals surface area contributed by atoms with Crippen LogP contribution in [0.2, 0.25) is 0 Å². The van der Waals surface area contributed by atoms with E-state index in [4.69, 9.17) is 0 Å². The van der Waals surface area contributed by atoms with Crippen molar-refractivity contribution in [1.29, 1.82) is 0 Å². The molecular weight excluding hydrogens is 228 g/mol. The number of thiocarbonyl (C=S) groups is 1. The Morgan fingerprint density at radius 1 is 1.00 bits per heavy atom. The van der Waals surface area contributed by atoms with E-state index < -0.39 is 21.8 Å². The first-order valence-corrected chi connectivity index (χ1v) is 3.03. The third-order valence-electron chi connectivity index (χ3n) is 0.690. The van der Waals surface area contributed by atoms with Crippen LogP contribution in [0.15, 0.2) is 0 Å². The van der Waals surface area contributed by atoms with Gasteiger partial charge in [0.05, 0.1) is 0 Å². The third kappa shape index (κ3) is 2.97. The molecule has 0 aromatic rings. The molecule has 0 atom stereocenters. The highest BCUT2D eigenvalue weighted by atomic mass is 32.1. The average Bonchev–Trinajstić information content (AvgIpc) is 1.49. The van der Waals surface area contributed by atoms with Crippen molar-refractivity contribution in [3.63, 3.8) is 0 Å². The normalized spacial score (nSPS) is 12.8. The molecule has 0 fully saturated rings. The van der Waals surface area contributed by atoms with Crippen LogP contribution in [-0.4, -0.2) is 21.8 Å². The summed E-state index contributed by atoms with van der Waals surface area (Å²) in [5.74, 6) is 0. The van der Waals surface area contributed by atoms with E-state index in [9.17, 15) is 26.3 Å². The zero-order chi connectivity index (χ0) is 10.2. The van der Waals surface area contributed by atoms with Gasteiger partial charge in [-0.25, -0.2) is 4.90 Å². The van der Waals surface area contributed by atoms with Crippen LogP contribution in [0.5, 0.6) is 0 Å². The molecule has 0 aliphatic rings. The monoisotopic (exact) mass is 228 g/mol. The predicted molar refractivity (Wildman–Crippen MR) is 33.9 cm³/mol. The molecule has 72 valence electrons. The van der Waals surface area contributed by atoms with Gasteiger partial charge in [-0.3, -0.25) is 0 Å². The van der Waals surface area contributed by atoms with Crippen LogP contribution in [-0.2, 0) is 12.6 Å². The number of alkyl halides is 6. The van der Waals surface area contributed by atoms with Gasteiger partial charge in [-0.1, -0.05) is 0 Å². The van der Waals surface area contributed by atoms with Gasteiger partial charge in [0.15, 0.2) is 0 Å². The Labute approximate surface area is 73.7 Å². The van der Waals surface area contributed by atoms with E-state index in [0.717, 1.165) is 0 Å². The summed E-state index contributed by atoms with van der Waals surface area (Å²) in [5.41, 5.74) is 0. The van der Waals surface area contributed by atoms with Crippen molar-refractivity contribution in [3.05, 3.63) is 0 Å². The van der Waals surface area contributed by atoms with Crippen LogP contribution in [0.3, 0.4) is 0 Å². The molecule has 0 spiro atoms. The SMILES string of the molecule is FC(F)(F)N(C(=S)[S-])C(F)(F)F. The second-order valence-electron chi connectivity index (χ2n) is 1.54. The molecule has 0 rings (SSSR count). The van der Waals surface area contributed by atoms with Crippen LogP contribution < -0.4 is 0 Å². The Hall–Kier alpha value is -0.310.